The van der Waals surface area contributed by atoms with E-state index in [1.165, 1.54) is 16.4 Å². The smallest absolute Gasteiger partial charge is 0.275 e. The zero-order chi connectivity index (χ0) is 28.2. The summed E-state index contributed by atoms with van der Waals surface area (Å²) in [5.41, 5.74) is 1.90. The first-order chi connectivity index (χ1) is 18.8. The van der Waals surface area contributed by atoms with E-state index in [9.17, 15) is 23.1 Å². The summed E-state index contributed by atoms with van der Waals surface area (Å²) >= 11 is 0. The lowest BCUT2D eigenvalue weighted by Crippen LogP contribution is -2.38. The lowest BCUT2D eigenvalue weighted by Gasteiger charge is -2.31. The van der Waals surface area contributed by atoms with Crippen molar-refractivity contribution in [2.75, 3.05) is 26.3 Å². The van der Waals surface area contributed by atoms with Crippen molar-refractivity contribution in [2.24, 2.45) is 5.92 Å². The predicted octanol–water partition coefficient (Wildman–Crippen LogP) is 3.75. The van der Waals surface area contributed by atoms with Crippen molar-refractivity contribution in [3.05, 3.63) is 39.8 Å². The minimum absolute atomic E-state index is 0.0955. The van der Waals surface area contributed by atoms with Crippen molar-refractivity contribution in [1.82, 2.24) is 18.8 Å². The van der Waals surface area contributed by atoms with E-state index < -0.39 is 15.6 Å². The number of nitrogens with zero attached hydrogens (tertiary/aromatic N) is 3. The molecule has 10 nitrogen and oxygen atoms in total. The molecule has 3 aromatic rings. The summed E-state index contributed by atoms with van der Waals surface area (Å²) in [6.45, 7) is 7.55. The van der Waals surface area contributed by atoms with E-state index in [0.29, 0.717) is 91.4 Å². The van der Waals surface area contributed by atoms with Crippen molar-refractivity contribution >= 4 is 27.3 Å². The molecule has 11 heteroatoms. The average molecular weight is 559 g/mol. The van der Waals surface area contributed by atoms with E-state index in [2.05, 4.69) is 4.98 Å². The molecule has 0 unspecified atom stereocenters. The van der Waals surface area contributed by atoms with Gasteiger partial charge in [0.15, 0.2) is 6.29 Å². The third-order valence-corrected chi connectivity index (χ3v) is 9.29. The molecular formula is C28H38N4O6S. The largest absolute Gasteiger partial charge is 0.493 e. The van der Waals surface area contributed by atoms with Gasteiger partial charge in [0.2, 0.25) is 10.0 Å². The number of piperidine rings is 1. The first-order valence-corrected chi connectivity index (χ1v) is 15.2. The summed E-state index contributed by atoms with van der Waals surface area (Å²) in [6.07, 6.45) is 4.92. The molecule has 0 amide bonds. The van der Waals surface area contributed by atoms with Crippen LogP contribution in [-0.2, 0) is 23.0 Å². The molecule has 0 atom stereocenters. The van der Waals surface area contributed by atoms with E-state index in [1.807, 2.05) is 20.8 Å². The van der Waals surface area contributed by atoms with Crippen LogP contribution < -0.4 is 10.3 Å². The van der Waals surface area contributed by atoms with E-state index in [1.54, 1.807) is 10.6 Å². The zero-order valence-electron chi connectivity index (χ0n) is 22.9. The van der Waals surface area contributed by atoms with Crippen LogP contribution in [0.25, 0.3) is 22.4 Å². The van der Waals surface area contributed by atoms with E-state index in [4.69, 9.17) is 9.72 Å². The number of hydrogen-bond donors (Lipinski definition) is 2. The predicted molar refractivity (Wildman–Crippen MR) is 150 cm³/mol. The Morgan fingerprint density at radius 3 is 2.54 bits per heavy atom. The van der Waals surface area contributed by atoms with Gasteiger partial charge in [0.1, 0.15) is 22.6 Å². The first kappa shape index (κ1) is 29.0. The van der Waals surface area contributed by atoms with E-state index >= 15 is 0 Å². The fraction of sp³-hybridized carbons (Fsp3) is 0.536. The van der Waals surface area contributed by atoms with Crippen molar-refractivity contribution in [2.45, 2.75) is 70.7 Å². The van der Waals surface area contributed by atoms with Gasteiger partial charge >= 0.3 is 0 Å². The lowest BCUT2D eigenvalue weighted by molar-refractivity contribution is 0.111. The highest BCUT2D eigenvalue weighted by atomic mass is 32.2. The van der Waals surface area contributed by atoms with Gasteiger partial charge in [-0.15, -0.1) is 0 Å². The first-order valence-electron chi connectivity index (χ1n) is 13.8. The number of nitrogens with one attached hydrogen (secondary N) is 1. The van der Waals surface area contributed by atoms with Crippen LogP contribution in [0.2, 0.25) is 0 Å². The number of H-pyrrole nitrogens is 1. The maximum Gasteiger partial charge on any atom is 0.275 e. The Morgan fingerprint density at radius 1 is 1.18 bits per heavy atom. The number of rotatable bonds is 12. The monoisotopic (exact) mass is 558 g/mol. The second-order valence-corrected chi connectivity index (χ2v) is 11.9. The fourth-order valence-electron chi connectivity index (χ4n) is 5.38. The number of ether oxygens (including phenoxy) is 1. The van der Waals surface area contributed by atoms with Gasteiger partial charge in [-0.2, -0.15) is 4.31 Å². The number of aryl methyl sites for hydroxylation is 2. The van der Waals surface area contributed by atoms with Gasteiger partial charge in [-0.1, -0.05) is 20.3 Å². The molecule has 1 aromatic carbocycles. The standard InChI is InChI=1S/C28H38N4O6S/c1-4-7-21-23(18-34)32(6-3)26-25(21)29-27(30-28(26)35)22-17-20(8-9-24(22)38-16-5-2)39(36,37)31-13-10-19(11-14-31)12-15-33/h8-9,17-19,33H,4-7,10-16H2,1-3H3,(H,29,30,35). The molecule has 1 fully saturated rings. The number of aldehydes is 1. The van der Waals surface area contributed by atoms with Crippen LogP contribution in [0.3, 0.4) is 0 Å². The summed E-state index contributed by atoms with van der Waals surface area (Å²) in [6, 6.07) is 4.66. The molecule has 4 rings (SSSR count). The van der Waals surface area contributed by atoms with Gasteiger partial charge in [0.05, 0.1) is 22.8 Å². The normalized spacial score (nSPS) is 15.2. The molecule has 2 N–H and O–H groups in total. The molecule has 0 spiro atoms. The fourth-order valence-corrected chi connectivity index (χ4v) is 6.88. The lowest BCUT2D eigenvalue weighted by atomic mass is 9.95. The number of aliphatic hydroxyl groups is 1. The molecule has 39 heavy (non-hydrogen) atoms. The third kappa shape index (κ3) is 5.66. The SMILES string of the molecule is CCCOc1ccc(S(=O)(=O)N2CCC(CCO)CC2)cc1-c1nc2c(CCC)c(C=O)n(CC)c2c(=O)[nH]1. The Bertz CT molecular complexity index is 1490. The molecule has 0 saturated carbocycles. The van der Waals surface area contributed by atoms with Crippen LogP contribution in [0.4, 0.5) is 0 Å². The molecule has 1 aliphatic rings. The average Bonchev–Trinajstić information content (AvgIpc) is 3.25. The van der Waals surface area contributed by atoms with Gasteiger partial charge in [0.25, 0.3) is 5.56 Å². The maximum absolute atomic E-state index is 13.6. The van der Waals surface area contributed by atoms with Crippen molar-refractivity contribution in [3.63, 3.8) is 0 Å². The Balaban J connectivity index is 1.84. The van der Waals surface area contributed by atoms with Crippen molar-refractivity contribution in [3.8, 4) is 17.1 Å². The number of aromatic amines is 1. The molecule has 0 bridgehead atoms. The molecule has 0 aliphatic carbocycles. The van der Waals surface area contributed by atoms with Gasteiger partial charge in [-0.3, -0.25) is 9.59 Å². The number of carbonyl (C=O) groups is 1. The Morgan fingerprint density at radius 2 is 1.92 bits per heavy atom. The number of aliphatic hydroxyl groups excluding tert-OH is 1. The van der Waals surface area contributed by atoms with Gasteiger partial charge in [0, 0.05) is 31.8 Å². The second-order valence-electron chi connectivity index (χ2n) is 9.95. The number of fused-ring (bicyclic) bond motifs is 1. The summed E-state index contributed by atoms with van der Waals surface area (Å²) in [5.74, 6) is 0.926. The van der Waals surface area contributed by atoms with Crippen molar-refractivity contribution in [1.29, 1.82) is 0 Å². The number of hydrogen-bond acceptors (Lipinski definition) is 7. The van der Waals surface area contributed by atoms with Crippen LogP contribution in [0.1, 0.15) is 68.9 Å². The molecule has 2 aromatic heterocycles. The van der Waals surface area contributed by atoms with Crippen LogP contribution in [-0.4, -0.2) is 65.0 Å². The highest BCUT2D eigenvalue weighted by Gasteiger charge is 2.30. The van der Waals surface area contributed by atoms with Crippen LogP contribution in [0, 0.1) is 5.92 Å². The van der Waals surface area contributed by atoms with Gasteiger partial charge in [-0.05, 0) is 63.1 Å². The molecular weight excluding hydrogens is 520 g/mol. The zero-order valence-corrected chi connectivity index (χ0v) is 23.7. The number of carbonyl (C=O) groups excluding carboxylic acids is 1. The van der Waals surface area contributed by atoms with Crippen LogP contribution in [0.5, 0.6) is 5.75 Å². The van der Waals surface area contributed by atoms with E-state index in [-0.39, 0.29) is 17.3 Å². The molecule has 0 radical (unpaired) electrons. The summed E-state index contributed by atoms with van der Waals surface area (Å²) in [5, 5.41) is 9.23. The van der Waals surface area contributed by atoms with E-state index in [0.717, 1.165) is 19.1 Å². The van der Waals surface area contributed by atoms with Gasteiger partial charge in [-0.25, -0.2) is 13.4 Å². The number of benzene rings is 1. The minimum atomic E-state index is -3.80. The highest BCUT2D eigenvalue weighted by molar-refractivity contribution is 7.89. The molecule has 3 heterocycles. The number of aromatic nitrogens is 3. The summed E-state index contributed by atoms with van der Waals surface area (Å²) < 4.78 is 36.3. The topological polar surface area (TPSA) is 135 Å². The number of sulfonamides is 1. The molecule has 212 valence electrons. The maximum atomic E-state index is 13.6. The highest BCUT2D eigenvalue weighted by Crippen LogP contribution is 2.34. The summed E-state index contributed by atoms with van der Waals surface area (Å²) in [4.78, 5) is 33.1. The molecule has 1 aliphatic heterocycles. The van der Waals surface area contributed by atoms with Crippen LogP contribution in [0.15, 0.2) is 27.9 Å². The second kappa shape index (κ2) is 12.4. The van der Waals surface area contributed by atoms with Crippen molar-refractivity contribution < 1.29 is 23.1 Å². The van der Waals surface area contributed by atoms with Crippen LogP contribution >= 0.6 is 0 Å². The Labute approximate surface area is 229 Å². The Hall–Kier alpha value is -3.02. The third-order valence-electron chi connectivity index (χ3n) is 7.39. The summed E-state index contributed by atoms with van der Waals surface area (Å²) in [7, 11) is -3.80. The Kier molecular flexibility index (Phi) is 9.24. The van der Waals surface area contributed by atoms with Gasteiger partial charge < -0.3 is 19.4 Å². The minimum Gasteiger partial charge on any atom is -0.493 e. The quantitative estimate of drug-likeness (QED) is 0.323. The molecule has 1 saturated heterocycles.